The minimum atomic E-state index is -0.386. The topological polar surface area (TPSA) is 58.2 Å². The summed E-state index contributed by atoms with van der Waals surface area (Å²) in [6.45, 7) is 3.87. The number of rotatable bonds is 5. The lowest BCUT2D eigenvalue weighted by atomic mass is 10.1. The molecule has 3 aromatic rings. The summed E-state index contributed by atoms with van der Waals surface area (Å²) in [5.41, 5.74) is 4.15. The number of halogens is 1. The van der Waals surface area contributed by atoms with Gasteiger partial charge in [-0.05, 0) is 61.4 Å². The van der Waals surface area contributed by atoms with Gasteiger partial charge >= 0.3 is 0 Å². The maximum Gasteiger partial charge on any atom is 0.272 e. The summed E-state index contributed by atoms with van der Waals surface area (Å²) in [4.78, 5) is 25.6. The van der Waals surface area contributed by atoms with Crippen molar-refractivity contribution in [3.63, 3.8) is 0 Å². The molecular formula is C24H21BrN2O2. The Hall–Kier alpha value is -3.18. The number of hydrogen-bond acceptors (Lipinski definition) is 2. The van der Waals surface area contributed by atoms with Crippen LogP contribution in [0.3, 0.4) is 0 Å². The van der Waals surface area contributed by atoms with Crippen LogP contribution in [0, 0.1) is 13.8 Å². The van der Waals surface area contributed by atoms with Gasteiger partial charge in [0.25, 0.3) is 11.8 Å². The predicted octanol–water partition coefficient (Wildman–Crippen LogP) is 5.48. The molecule has 0 aliphatic heterocycles. The van der Waals surface area contributed by atoms with Crippen molar-refractivity contribution in [2.24, 2.45) is 0 Å². The fourth-order valence-corrected chi connectivity index (χ4v) is 2.95. The molecule has 0 unspecified atom stereocenters. The Morgan fingerprint density at radius 1 is 0.862 bits per heavy atom. The Balaban J connectivity index is 1.89. The number of para-hydroxylation sites is 1. The highest BCUT2D eigenvalue weighted by Crippen LogP contribution is 2.17. The zero-order valence-corrected chi connectivity index (χ0v) is 17.8. The highest BCUT2D eigenvalue weighted by Gasteiger charge is 2.15. The number of hydrogen-bond donors (Lipinski definition) is 2. The van der Waals surface area contributed by atoms with Crippen LogP contribution in [0.5, 0.6) is 0 Å². The molecule has 29 heavy (non-hydrogen) atoms. The van der Waals surface area contributed by atoms with Crippen molar-refractivity contribution in [3.8, 4) is 0 Å². The van der Waals surface area contributed by atoms with E-state index < -0.39 is 0 Å². The van der Waals surface area contributed by atoms with Crippen LogP contribution in [0.15, 0.2) is 83.0 Å². The summed E-state index contributed by atoms with van der Waals surface area (Å²) in [6.07, 6.45) is 1.66. The summed E-state index contributed by atoms with van der Waals surface area (Å²) < 4.78 is 0.934. The molecule has 0 heterocycles. The molecule has 0 atom stereocenters. The first-order chi connectivity index (χ1) is 13.9. The van der Waals surface area contributed by atoms with Gasteiger partial charge in [-0.25, -0.2) is 0 Å². The van der Waals surface area contributed by atoms with E-state index in [1.54, 1.807) is 18.2 Å². The van der Waals surface area contributed by atoms with Crippen molar-refractivity contribution in [1.82, 2.24) is 5.32 Å². The minimum Gasteiger partial charge on any atom is -0.320 e. The van der Waals surface area contributed by atoms with Gasteiger partial charge in [-0.1, -0.05) is 64.0 Å². The predicted molar refractivity (Wildman–Crippen MR) is 121 cm³/mol. The molecule has 0 aliphatic rings. The largest absolute Gasteiger partial charge is 0.320 e. The molecular weight excluding hydrogens is 428 g/mol. The van der Waals surface area contributed by atoms with Crippen LogP contribution in [0.2, 0.25) is 0 Å². The van der Waals surface area contributed by atoms with Gasteiger partial charge in [0.15, 0.2) is 0 Å². The van der Waals surface area contributed by atoms with Crippen molar-refractivity contribution in [1.29, 1.82) is 0 Å². The highest BCUT2D eigenvalue weighted by molar-refractivity contribution is 9.10. The lowest BCUT2D eigenvalue weighted by Crippen LogP contribution is -2.30. The van der Waals surface area contributed by atoms with E-state index in [1.165, 1.54) is 0 Å². The molecule has 4 nitrogen and oxygen atoms in total. The summed E-state index contributed by atoms with van der Waals surface area (Å²) in [6, 6.07) is 22.2. The van der Waals surface area contributed by atoms with Crippen LogP contribution in [-0.2, 0) is 4.79 Å². The van der Waals surface area contributed by atoms with Crippen molar-refractivity contribution >= 4 is 39.5 Å². The van der Waals surface area contributed by atoms with Crippen molar-refractivity contribution in [2.45, 2.75) is 13.8 Å². The van der Waals surface area contributed by atoms with E-state index in [0.717, 1.165) is 21.2 Å². The summed E-state index contributed by atoms with van der Waals surface area (Å²) >= 11 is 3.40. The van der Waals surface area contributed by atoms with Gasteiger partial charge in [0.2, 0.25) is 0 Å². The standard InChI is InChI=1S/C24H21BrN2O2/c1-16-7-11-19(12-8-16)23(28)27-22(15-18-9-13-20(25)14-10-18)24(29)26-21-6-4-3-5-17(21)2/h3-15H,1-2H3,(H,26,29)(H,27,28)/b22-15-. The Labute approximate surface area is 178 Å². The number of carbonyl (C=O) groups is 2. The third-order valence-electron chi connectivity index (χ3n) is 4.38. The lowest BCUT2D eigenvalue weighted by Gasteiger charge is -2.13. The van der Waals surface area contributed by atoms with Gasteiger partial charge in [0.05, 0.1) is 0 Å². The number of benzene rings is 3. The maximum atomic E-state index is 13.0. The molecule has 5 heteroatoms. The molecule has 0 saturated carbocycles. The second kappa shape index (κ2) is 9.34. The SMILES string of the molecule is Cc1ccc(C(=O)N/C(=C\c2ccc(Br)cc2)C(=O)Nc2ccccc2C)cc1. The second-order valence-electron chi connectivity index (χ2n) is 6.70. The van der Waals surface area contributed by atoms with Crippen molar-refractivity contribution < 1.29 is 9.59 Å². The van der Waals surface area contributed by atoms with E-state index in [9.17, 15) is 9.59 Å². The van der Waals surface area contributed by atoms with Crippen LogP contribution in [0.1, 0.15) is 27.0 Å². The lowest BCUT2D eigenvalue weighted by molar-refractivity contribution is -0.113. The number of carbonyl (C=O) groups excluding carboxylic acids is 2. The van der Waals surface area contributed by atoms with Gasteiger partial charge in [-0.2, -0.15) is 0 Å². The average molecular weight is 449 g/mol. The number of amides is 2. The first-order valence-electron chi connectivity index (χ1n) is 9.14. The fraction of sp³-hybridized carbons (Fsp3) is 0.0833. The van der Waals surface area contributed by atoms with Crippen LogP contribution >= 0.6 is 15.9 Å². The van der Waals surface area contributed by atoms with E-state index in [-0.39, 0.29) is 17.5 Å². The Morgan fingerprint density at radius 3 is 2.17 bits per heavy atom. The van der Waals surface area contributed by atoms with Gasteiger partial charge in [-0.15, -0.1) is 0 Å². The van der Waals surface area contributed by atoms with E-state index in [2.05, 4.69) is 26.6 Å². The molecule has 0 bridgehead atoms. The number of anilines is 1. The van der Waals surface area contributed by atoms with Crippen LogP contribution in [0.4, 0.5) is 5.69 Å². The summed E-state index contributed by atoms with van der Waals surface area (Å²) in [5.74, 6) is -0.726. The van der Waals surface area contributed by atoms with Crippen molar-refractivity contribution in [2.75, 3.05) is 5.32 Å². The average Bonchev–Trinajstić information content (AvgIpc) is 2.71. The van der Waals surface area contributed by atoms with Crippen molar-refractivity contribution in [3.05, 3.63) is 105 Å². The van der Waals surface area contributed by atoms with Crippen LogP contribution in [-0.4, -0.2) is 11.8 Å². The van der Waals surface area contributed by atoms with Gasteiger partial charge in [-0.3, -0.25) is 9.59 Å². The third kappa shape index (κ3) is 5.65. The first kappa shape index (κ1) is 20.6. The summed E-state index contributed by atoms with van der Waals surface area (Å²) in [5, 5.41) is 5.63. The minimum absolute atomic E-state index is 0.168. The first-order valence-corrected chi connectivity index (χ1v) is 9.94. The van der Waals surface area contributed by atoms with Crippen LogP contribution < -0.4 is 10.6 Å². The molecule has 3 rings (SSSR count). The molecule has 0 spiro atoms. The summed E-state index contributed by atoms with van der Waals surface area (Å²) in [7, 11) is 0. The highest BCUT2D eigenvalue weighted by atomic mass is 79.9. The van der Waals surface area contributed by atoms with Gasteiger partial charge in [0, 0.05) is 15.7 Å². The molecule has 3 aromatic carbocycles. The smallest absolute Gasteiger partial charge is 0.272 e. The fourth-order valence-electron chi connectivity index (χ4n) is 2.69. The van der Waals surface area contributed by atoms with Crippen LogP contribution in [0.25, 0.3) is 6.08 Å². The second-order valence-corrected chi connectivity index (χ2v) is 7.61. The monoisotopic (exact) mass is 448 g/mol. The molecule has 2 amide bonds. The Bertz CT molecular complexity index is 1050. The van der Waals surface area contributed by atoms with Gasteiger partial charge < -0.3 is 10.6 Å². The van der Waals surface area contributed by atoms with E-state index in [0.29, 0.717) is 11.3 Å². The molecule has 0 saturated heterocycles. The zero-order chi connectivity index (χ0) is 20.8. The molecule has 0 aromatic heterocycles. The normalized spacial score (nSPS) is 11.1. The quantitative estimate of drug-likeness (QED) is 0.507. The molecule has 0 aliphatic carbocycles. The number of nitrogens with one attached hydrogen (secondary N) is 2. The molecule has 0 fully saturated rings. The Morgan fingerprint density at radius 2 is 1.52 bits per heavy atom. The molecule has 0 radical (unpaired) electrons. The van der Waals surface area contributed by atoms with E-state index in [4.69, 9.17) is 0 Å². The zero-order valence-electron chi connectivity index (χ0n) is 16.2. The Kier molecular flexibility index (Phi) is 6.62. The maximum absolute atomic E-state index is 13.0. The molecule has 2 N–H and O–H groups in total. The van der Waals surface area contributed by atoms with E-state index in [1.807, 2.05) is 74.5 Å². The van der Waals surface area contributed by atoms with E-state index >= 15 is 0 Å². The number of aryl methyl sites for hydroxylation is 2. The van der Waals surface area contributed by atoms with Gasteiger partial charge in [0.1, 0.15) is 5.70 Å². The molecule has 146 valence electrons. The third-order valence-corrected chi connectivity index (χ3v) is 4.91.